The van der Waals surface area contributed by atoms with E-state index in [-0.39, 0.29) is 0 Å². The fraction of sp³-hybridized carbons (Fsp3) is 0.947. The average Bonchev–Trinajstić information content (AvgIpc) is 3.29. The highest BCUT2D eigenvalue weighted by Gasteiger charge is 2.28. The van der Waals surface area contributed by atoms with Crippen molar-refractivity contribution in [2.45, 2.75) is 340 Å². The molecule has 4 unspecified atom stereocenters. The second kappa shape index (κ2) is 52.0. The Kier molecular flexibility index (Phi) is 51.2. The normalized spacial score (nSPS) is 13.8. The number of hydrogen-bond acceptors (Lipinski definition) is 5. The number of unbranched alkanes of at least 4 members (excludes halogenated alkanes) is 42. The molecule has 0 bridgehead atoms. The summed E-state index contributed by atoms with van der Waals surface area (Å²) in [5, 5.41) is 44.0. The first kappa shape index (κ1) is 62.1. The molecule has 0 saturated heterocycles. The van der Waals surface area contributed by atoms with Crippen molar-refractivity contribution in [1.82, 2.24) is 5.32 Å². The SMILES string of the molecule is CCCCCCCCCCCCCC/C=C\CCCCCCCCCCCCCCC(O)C(=O)NC(CO)C(O)C(O)CCCCCCCCCCCCCCCCCCCCC. The lowest BCUT2D eigenvalue weighted by Crippen LogP contribution is -2.53. The van der Waals surface area contributed by atoms with Crippen LogP contribution in [0.4, 0.5) is 0 Å². The molecule has 6 nitrogen and oxygen atoms in total. The van der Waals surface area contributed by atoms with Gasteiger partial charge < -0.3 is 25.7 Å². The van der Waals surface area contributed by atoms with Gasteiger partial charge in [-0.25, -0.2) is 0 Å². The van der Waals surface area contributed by atoms with Crippen LogP contribution in [0, 0.1) is 0 Å². The topological polar surface area (TPSA) is 110 Å². The summed E-state index contributed by atoms with van der Waals surface area (Å²) in [6, 6.07) is -0.983. The van der Waals surface area contributed by atoms with Gasteiger partial charge >= 0.3 is 0 Å². The molecular formula is C57H113NO5. The maximum Gasteiger partial charge on any atom is 0.249 e. The fourth-order valence-corrected chi connectivity index (χ4v) is 9.23. The van der Waals surface area contributed by atoms with Gasteiger partial charge in [-0.3, -0.25) is 4.79 Å². The Morgan fingerprint density at radius 2 is 0.635 bits per heavy atom. The first-order valence-electron chi connectivity index (χ1n) is 28.6. The van der Waals surface area contributed by atoms with Crippen molar-refractivity contribution >= 4 is 5.91 Å². The van der Waals surface area contributed by atoms with Crippen LogP contribution in [-0.4, -0.2) is 57.3 Å². The zero-order chi connectivity index (χ0) is 45.9. The third-order valence-corrected chi connectivity index (χ3v) is 13.7. The average molecular weight is 893 g/mol. The highest BCUT2D eigenvalue weighted by atomic mass is 16.3. The lowest BCUT2D eigenvalue weighted by atomic mass is 9.99. The molecule has 0 aromatic heterocycles. The quantitative estimate of drug-likeness (QED) is 0.0309. The van der Waals surface area contributed by atoms with Gasteiger partial charge in [0.05, 0.1) is 18.8 Å². The predicted molar refractivity (Wildman–Crippen MR) is 275 cm³/mol. The van der Waals surface area contributed by atoms with Gasteiger partial charge in [-0.15, -0.1) is 0 Å². The molecule has 5 N–H and O–H groups in total. The number of allylic oxidation sites excluding steroid dienone is 2. The van der Waals surface area contributed by atoms with E-state index in [9.17, 15) is 25.2 Å². The van der Waals surface area contributed by atoms with E-state index in [1.54, 1.807) is 0 Å². The van der Waals surface area contributed by atoms with E-state index in [0.29, 0.717) is 12.8 Å². The first-order valence-corrected chi connectivity index (χ1v) is 28.6. The minimum Gasteiger partial charge on any atom is -0.394 e. The second-order valence-electron chi connectivity index (χ2n) is 20.0. The van der Waals surface area contributed by atoms with E-state index in [4.69, 9.17) is 0 Å². The van der Waals surface area contributed by atoms with Crippen LogP contribution in [0.25, 0.3) is 0 Å². The van der Waals surface area contributed by atoms with Gasteiger partial charge in [0.1, 0.15) is 12.2 Å². The molecule has 0 radical (unpaired) electrons. The van der Waals surface area contributed by atoms with Crippen LogP contribution >= 0.6 is 0 Å². The molecule has 0 saturated carbocycles. The smallest absolute Gasteiger partial charge is 0.249 e. The maximum absolute atomic E-state index is 12.6. The minimum absolute atomic E-state index is 0.372. The van der Waals surface area contributed by atoms with Crippen molar-refractivity contribution in [2.24, 2.45) is 0 Å². The Morgan fingerprint density at radius 1 is 0.381 bits per heavy atom. The molecular weight excluding hydrogens is 779 g/mol. The zero-order valence-electron chi connectivity index (χ0n) is 42.6. The Hall–Kier alpha value is -0.950. The predicted octanol–water partition coefficient (Wildman–Crippen LogP) is 16.5. The molecule has 0 spiro atoms. The van der Waals surface area contributed by atoms with E-state index in [0.717, 1.165) is 38.5 Å². The first-order chi connectivity index (χ1) is 31.0. The third-order valence-electron chi connectivity index (χ3n) is 13.7. The number of carbonyl (C=O) groups is 1. The van der Waals surface area contributed by atoms with Crippen LogP contribution in [0.3, 0.4) is 0 Å². The van der Waals surface area contributed by atoms with Crippen LogP contribution in [0.1, 0.15) is 316 Å². The number of nitrogens with one attached hydrogen (secondary N) is 1. The largest absolute Gasteiger partial charge is 0.394 e. The lowest BCUT2D eigenvalue weighted by Gasteiger charge is -2.27. The van der Waals surface area contributed by atoms with E-state index in [2.05, 4.69) is 31.3 Å². The summed E-state index contributed by atoms with van der Waals surface area (Å²) in [6.45, 7) is 4.09. The Labute approximate surface area is 393 Å². The highest BCUT2D eigenvalue weighted by molar-refractivity contribution is 5.80. The van der Waals surface area contributed by atoms with Gasteiger partial charge in [-0.05, 0) is 38.5 Å². The molecule has 0 aromatic carbocycles. The van der Waals surface area contributed by atoms with Crippen LogP contribution in [0.2, 0.25) is 0 Å². The zero-order valence-corrected chi connectivity index (χ0v) is 42.6. The summed E-state index contributed by atoms with van der Waals surface area (Å²) in [6.07, 6.45) is 61.4. The van der Waals surface area contributed by atoms with Gasteiger partial charge in [-0.1, -0.05) is 289 Å². The standard InChI is InChI=1S/C57H113NO5/c1-3-5-7-9-11-13-15-17-19-21-23-24-25-26-27-28-29-30-31-33-35-37-39-41-43-45-47-49-51-55(61)57(63)58-53(52-59)56(62)54(60)50-48-46-44-42-40-38-36-34-32-22-20-18-16-14-12-10-8-6-4-2/h26-27,53-56,59-62H,3-25,28-52H2,1-2H3,(H,58,63)/b27-26-. The molecule has 4 atom stereocenters. The Balaban J connectivity index is 3.59. The van der Waals surface area contributed by atoms with Crippen molar-refractivity contribution < 1.29 is 25.2 Å². The molecule has 0 heterocycles. The van der Waals surface area contributed by atoms with E-state index >= 15 is 0 Å². The Bertz CT molecular complexity index is 913. The van der Waals surface area contributed by atoms with Crippen LogP contribution in [0.5, 0.6) is 0 Å². The Morgan fingerprint density at radius 3 is 0.921 bits per heavy atom. The summed E-state index contributed by atoms with van der Waals surface area (Å²) in [7, 11) is 0. The molecule has 0 aliphatic carbocycles. The monoisotopic (exact) mass is 892 g/mol. The van der Waals surface area contributed by atoms with Crippen molar-refractivity contribution in [1.29, 1.82) is 0 Å². The van der Waals surface area contributed by atoms with Crippen molar-refractivity contribution in [2.75, 3.05) is 6.61 Å². The third kappa shape index (κ3) is 46.0. The summed E-state index contributed by atoms with van der Waals surface area (Å²) in [5.41, 5.74) is 0. The van der Waals surface area contributed by atoms with Crippen LogP contribution in [0.15, 0.2) is 12.2 Å². The number of carbonyl (C=O) groups excluding carboxylic acids is 1. The van der Waals surface area contributed by atoms with E-state index in [1.807, 2.05) is 0 Å². The van der Waals surface area contributed by atoms with Gasteiger partial charge in [0.15, 0.2) is 0 Å². The molecule has 0 fully saturated rings. The number of aliphatic hydroxyl groups is 4. The van der Waals surface area contributed by atoms with Gasteiger partial charge in [0, 0.05) is 0 Å². The van der Waals surface area contributed by atoms with Crippen molar-refractivity contribution in [3.05, 3.63) is 12.2 Å². The van der Waals surface area contributed by atoms with E-state index < -0.39 is 36.9 Å². The minimum atomic E-state index is -1.26. The second-order valence-corrected chi connectivity index (χ2v) is 20.0. The number of amides is 1. The molecule has 1 amide bonds. The van der Waals surface area contributed by atoms with Crippen LogP contribution < -0.4 is 5.32 Å². The molecule has 376 valence electrons. The molecule has 63 heavy (non-hydrogen) atoms. The molecule has 6 heteroatoms. The summed E-state index contributed by atoms with van der Waals surface area (Å²) < 4.78 is 0. The summed E-state index contributed by atoms with van der Waals surface area (Å²) >= 11 is 0. The highest BCUT2D eigenvalue weighted by Crippen LogP contribution is 2.18. The molecule has 0 aromatic rings. The lowest BCUT2D eigenvalue weighted by molar-refractivity contribution is -0.132. The van der Waals surface area contributed by atoms with Crippen LogP contribution in [-0.2, 0) is 4.79 Å². The van der Waals surface area contributed by atoms with Gasteiger partial charge in [-0.2, -0.15) is 0 Å². The molecule has 0 aliphatic rings. The van der Waals surface area contributed by atoms with E-state index in [1.165, 1.54) is 250 Å². The summed E-state index contributed by atoms with van der Waals surface area (Å²) in [4.78, 5) is 12.6. The molecule has 0 aliphatic heterocycles. The number of rotatable bonds is 53. The number of aliphatic hydroxyl groups excluding tert-OH is 4. The summed E-state index contributed by atoms with van der Waals surface area (Å²) in [5.74, 6) is -0.578. The fourth-order valence-electron chi connectivity index (χ4n) is 9.23. The van der Waals surface area contributed by atoms with Crippen molar-refractivity contribution in [3.8, 4) is 0 Å². The van der Waals surface area contributed by atoms with Gasteiger partial charge in [0.2, 0.25) is 5.91 Å². The van der Waals surface area contributed by atoms with Gasteiger partial charge in [0.25, 0.3) is 0 Å². The number of hydrogen-bond donors (Lipinski definition) is 5. The van der Waals surface area contributed by atoms with Crippen molar-refractivity contribution in [3.63, 3.8) is 0 Å². The maximum atomic E-state index is 12.6. The molecule has 0 rings (SSSR count).